The maximum absolute atomic E-state index is 12.9. The largest absolute Gasteiger partial charge is 0.370 e. The third-order valence-electron chi connectivity index (χ3n) is 4.13. The second kappa shape index (κ2) is 8.37. The van der Waals surface area contributed by atoms with Crippen molar-refractivity contribution in [2.24, 2.45) is 0 Å². The van der Waals surface area contributed by atoms with Crippen LogP contribution < -0.4 is 5.32 Å². The lowest BCUT2D eigenvalue weighted by Gasteiger charge is -2.27. The van der Waals surface area contributed by atoms with Gasteiger partial charge in [0.1, 0.15) is 6.04 Å². The van der Waals surface area contributed by atoms with Crippen LogP contribution in [0.25, 0.3) is 0 Å². The fourth-order valence-corrected chi connectivity index (χ4v) is 2.65. The van der Waals surface area contributed by atoms with Gasteiger partial charge in [0.05, 0.1) is 0 Å². The first-order chi connectivity index (χ1) is 11.2. The van der Waals surface area contributed by atoms with E-state index in [2.05, 4.69) is 24.4 Å². The smallest absolute Gasteiger partial charge is 0.249 e. The third kappa shape index (κ3) is 4.35. The van der Waals surface area contributed by atoms with E-state index in [9.17, 15) is 4.79 Å². The van der Waals surface area contributed by atoms with Gasteiger partial charge in [-0.1, -0.05) is 49.4 Å². The molecular weight excluding hydrogens is 284 g/mol. The van der Waals surface area contributed by atoms with Crippen LogP contribution in [0.3, 0.4) is 0 Å². The molecule has 0 heterocycles. The fourth-order valence-electron chi connectivity index (χ4n) is 2.65. The number of rotatable bonds is 7. The molecule has 3 nitrogen and oxygen atoms in total. The summed E-state index contributed by atoms with van der Waals surface area (Å²) in [7, 11) is 0. The van der Waals surface area contributed by atoms with Gasteiger partial charge in [0, 0.05) is 18.8 Å². The number of likely N-dealkylation sites (N-methyl/N-ethyl adjacent to an activating group) is 1. The maximum atomic E-state index is 12.9. The van der Waals surface area contributed by atoms with Crippen molar-refractivity contribution < 1.29 is 4.79 Å². The van der Waals surface area contributed by atoms with Crippen molar-refractivity contribution in [1.29, 1.82) is 0 Å². The molecule has 1 N–H and O–H groups in total. The number of amides is 1. The zero-order valence-electron chi connectivity index (χ0n) is 14.3. The molecular formula is C20H26N2O. The Balaban J connectivity index is 2.27. The zero-order valence-corrected chi connectivity index (χ0v) is 14.3. The van der Waals surface area contributed by atoms with Crippen molar-refractivity contribution in [2.45, 2.75) is 33.2 Å². The lowest BCUT2D eigenvalue weighted by molar-refractivity contribution is -0.131. The molecule has 0 radical (unpaired) electrons. The Bertz CT molecular complexity index is 603. The normalized spacial score (nSPS) is 11.8. The number of anilines is 1. The molecule has 0 spiro atoms. The van der Waals surface area contributed by atoms with Crippen LogP contribution in [0, 0.1) is 0 Å². The Kier molecular flexibility index (Phi) is 6.21. The first-order valence-electron chi connectivity index (χ1n) is 8.38. The standard InChI is InChI=1S/C20H26N2O/c1-4-16-12-14-18(15-13-16)21-19(17-10-8-7-9-11-17)20(23)22(5-2)6-3/h7-15,19,21H,4-6H2,1-3H3/t19-/m1/s1. The average molecular weight is 310 g/mol. The molecule has 0 aromatic heterocycles. The molecule has 23 heavy (non-hydrogen) atoms. The highest BCUT2D eigenvalue weighted by molar-refractivity contribution is 5.86. The van der Waals surface area contributed by atoms with Crippen molar-refractivity contribution in [3.8, 4) is 0 Å². The first-order valence-corrected chi connectivity index (χ1v) is 8.38. The molecule has 3 heteroatoms. The van der Waals surface area contributed by atoms with Gasteiger partial charge in [0.15, 0.2) is 0 Å². The molecule has 0 saturated carbocycles. The minimum Gasteiger partial charge on any atom is -0.370 e. The number of nitrogens with zero attached hydrogens (tertiary/aromatic N) is 1. The molecule has 0 bridgehead atoms. The monoisotopic (exact) mass is 310 g/mol. The molecule has 1 amide bonds. The van der Waals surface area contributed by atoms with Crippen LogP contribution in [-0.2, 0) is 11.2 Å². The van der Waals surface area contributed by atoms with Crippen LogP contribution in [0.1, 0.15) is 37.9 Å². The zero-order chi connectivity index (χ0) is 16.7. The van der Waals surface area contributed by atoms with Gasteiger partial charge in [-0.3, -0.25) is 4.79 Å². The molecule has 0 aliphatic rings. The van der Waals surface area contributed by atoms with Crippen LogP contribution in [0.4, 0.5) is 5.69 Å². The summed E-state index contributed by atoms with van der Waals surface area (Å²) in [6, 6.07) is 17.9. The number of benzene rings is 2. The predicted molar refractivity (Wildman–Crippen MR) is 96.6 cm³/mol. The summed E-state index contributed by atoms with van der Waals surface area (Å²) in [6.07, 6.45) is 1.01. The Labute approximate surface area is 139 Å². The van der Waals surface area contributed by atoms with Gasteiger partial charge in [0.2, 0.25) is 5.91 Å². The van der Waals surface area contributed by atoms with Gasteiger partial charge in [-0.2, -0.15) is 0 Å². The highest BCUT2D eigenvalue weighted by atomic mass is 16.2. The molecule has 0 saturated heterocycles. The molecule has 0 aliphatic carbocycles. The molecule has 122 valence electrons. The summed E-state index contributed by atoms with van der Waals surface area (Å²) < 4.78 is 0. The van der Waals surface area contributed by atoms with E-state index in [0.717, 1.165) is 30.8 Å². The minimum absolute atomic E-state index is 0.112. The molecule has 2 aromatic carbocycles. The Morgan fingerprint density at radius 2 is 1.57 bits per heavy atom. The van der Waals surface area contributed by atoms with Crippen molar-refractivity contribution in [3.63, 3.8) is 0 Å². The minimum atomic E-state index is -0.358. The lowest BCUT2D eigenvalue weighted by atomic mass is 10.0. The van der Waals surface area contributed by atoms with E-state index in [-0.39, 0.29) is 11.9 Å². The number of carbonyl (C=O) groups is 1. The van der Waals surface area contributed by atoms with Crippen LogP contribution in [0.5, 0.6) is 0 Å². The topological polar surface area (TPSA) is 32.3 Å². The lowest BCUT2D eigenvalue weighted by Crippen LogP contribution is -2.37. The Morgan fingerprint density at radius 1 is 0.957 bits per heavy atom. The first kappa shape index (κ1) is 17.1. The predicted octanol–water partition coefficient (Wildman–Crippen LogP) is 4.27. The fraction of sp³-hybridized carbons (Fsp3) is 0.350. The molecule has 2 rings (SSSR count). The summed E-state index contributed by atoms with van der Waals surface area (Å²) in [5.74, 6) is 0.112. The molecule has 1 atom stereocenters. The van der Waals surface area contributed by atoms with Crippen LogP contribution >= 0.6 is 0 Å². The summed E-state index contributed by atoms with van der Waals surface area (Å²) in [5.41, 5.74) is 3.25. The van der Waals surface area contributed by atoms with E-state index in [4.69, 9.17) is 0 Å². The van der Waals surface area contributed by atoms with Crippen LogP contribution in [0.2, 0.25) is 0 Å². The van der Waals surface area contributed by atoms with Gasteiger partial charge in [-0.25, -0.2) is 0 Å². The van der Waals surface area contributed by atoms with Crippen LogP contribution in [-0.4, -0.2) is 23.9 Å². The number of carbonyl (C=O) groups excluding carboxylic acids is 1. The number of aryl methyl sites for hydroxylation is 1. The second-order valence-corrected chi connectivity index (χ2v) is 5.55. The van der Waals surface area contributed by atoms with E-state index >= 15 is 0 Å². The van der Waals surface area contributed by atoms with Crippen LogP contribution in [0.15, 0.2) is 54.6 Å². The van der Waals surface area contributed by atoms with E-state index in [1.54, 1.807) is 0 Å². The summed E-state index contributed by atoms with van der Waals surface area (Å²) in [6.45, 7) is 7.60. The van der Waals surface area contributed by atoms with E-state index < -0.39 is 0 Å². The van der Waals surface area contributed by atoms with Gasteiger partial charge < -0.3 is 10.2 Å². The SMILES string of the molecule is CCc1ccc(N[C@@H](C(=O)N(CC)CC)c2ccccc2)cc1. The molecule has 0 unspecified atom stereocenters. The summed E-state index contributed by atoms with van der Waals surface area (Å²) in [4.78, 5) is 14.8. The summed E-state index contributed by atoms with van der Waals surface area (Å²) >= 11 is 0. The molecule has 2 aromatic rings. The van der Waals surface area contributed by atoms with E-state index in [1.807, 2.05) is 61.2 Å². The molecule has 0 aliphatic heterocycles. The van der Waals surface area contributed by atoms with Gasteiger partial charge in [-0.05, 0) is 43.5 Å². The van der Waals surface area contributed by atoms with Crippen molar-refractivity contribution in [3.05, 3.63) is 65.7 Å². The van der Waals surface area contributed by atoms with E-state index in [0.29, 0.717) is 0 Å². The van der Waals surface area contributed by atoms with Gasteiger partial charge >= 0.3 is 0 Å². The maximum Gasteiger partial charge on any atom is 0.249 e. The average Bonchev–Trinajstić information content (AvgIpc) is 2.62. The summed E-state index contributed by atoms with van der Waals surface area (Å²) in [5, 5.41) is 3.40. The Morgan fingerprint density at radius 3 is 2.09 bits per heavy atom. The quantitative estimate of drug-likeness (QED) is 0.828. The van der Waals surface area contributed by atoms with Gasteiger partial charge in [-0.15, -0.1) is 0 Å². The van der Waals surface area contributed by atoms with Gasteiger partial charge in [0.25, 0.3) is 0 Å². The highest BCUT2D eigenvalue weighted by Gasteiger charge is 2.24. The number of hydrogen-bond donors (Lipinski definition) is 1. The Hall–Kier alpha value is -2.29. The van der Waals surface area contributed by atoms with Crippen molar-refractivity contribution in [2.75, 3.05) is 18.4 Å². The number of hydrogen-bond acceptors (Lipinski definition) is 2. The third-order valence-corrected chi connectivity index (χ3v) is 4.13. The van der Waals surface area contributed by atoms with Crippen molar-refractivity contribution in [1.82, 2.24) is 4.90 Å². The second-order valence-electron chi connectivity index (χ2n) is 5.55. The highest BCUT2D eigenvalue weighted by Crippen LogP contribution is 2.22. The molecule has 0 fully saturated rings. The number of nitrogens with one attached hydrogen (secondary N) is 1. The van der Waals surface area contributed by atoms with E-state index in [1.165, 1.54) is 5.56 Å². The van der Waals surface area contributed by atoms with Crippen molar-refractivity contribution >= 4 is 11.6 Å².